The number of aromatic nitrogens is 3. The van der Waals surface area contributed by atoms with E-state index in [-0.39, 0.29) is 0 Å². The van der Waals surface area contributed by atoms with Crippen LogP contribution in [-0.4, -0.2) is 15.0 Å². The number of pyridine rings is 3. The van der Waals surface area contributed by atoms with Crippen LogP contribution >= 0.6 is 0 Å². The van der Waals surface area contributed by atoms with Gasteiger partial charge in [-0.05, 0) is 36.4 Å². The SMILES string of the molecule is Nc1ccc(N)nc1.Nc1ccc2ncccc2n1. The molecule has 3 aromatic rings. The monoisotopic (exact) mass is 254 g/mol. The zero-order chi connectivity index (χ0) is 13.7. The number of hydrogen-bond donors (Lipinski definition) is 3. The molecule has 0 fully saturated rings. The number of nitrogens with zero attached hydrogens (tertiary/aromatic N) is 3. The van der Waals surface area contributed by atoms with E-state index in [2.05, 4.69) is 15.0 Å². The maximum atomic E-state index is 5.48. The molecule has 0 atom stereocenters. The van der Waals surface area contributed by atoms with Gasteiger partial charge in [0.1, 0.15) is 11.6 Å². The van der Waals surface area contributed by atoms with Crippen LogP contribution < -0.4 is 17.2 Å². The summed E-state index contributed by atoms with van der Waals surface area (Å²) in [7, 11) is 0. The van der Waals surface area contributed by atoms with Crippen molar-refractivity contribution in [1.82, 2.24) is 15.0 Å². The summed E-state index contributed by atoms with van der Waals surface area (Å²) in [4.78, 5) is 11.9. The molecule has 0 aliphatic carbocycles. The summed E-state index contributed by atoms with van der Waals surface area (Å²) < 4.78 is 0. The molecule has 0 amide bonds. The van der Waals surface area contributed by atoms with E-state index < -0.39 is 0 Å². The summed E-state index contributed by atoms with van der Waals surface area (Å²) >= 11 is 0. The van der Waals surface area contributed by atoms with Crippen LogP contribution in [0.1, 0.15) is 0 Å². The van der Waals surface area contributed by atoms with Crippen molar-refractivity contribution >= 4 is 28.4 Å². The molecule has 3 heterocycles. The lowest BCUT2D eigenvalue weighted by Gasteiger charge is -1.95. The minimum Gasteiger partial charge on any atom is -0.397 e. The molecule has 0 bridgehead atoms. The van der Waals surface area contributed by atoms with Gasteiger partial charge < -0.3 is 17.2 Å². The molecule has 0 unspecified atom stereocenters. The summed E-state index contributed by atoms with van der Waals surface area (Å²) in [5.74, 6) is 1.03. The van der Waals surface area contributed by atoms with Crippen molar-refractivity contribution in [1.29, 1.82) is 0 Å². The van der Waals surface area contributed by atoms with E-state index >= 15 is 0 Å². The lowest BCUT2D eigenvalue weighted by Crippen LogP contribution is -1.90. The number of fused-ring (bicyclic) bond motifs is 1. The molecule has 3 aromatic heterocycles. The van der Waals surface area contributed by atoms with E-state index in [1.165, 1.54) is 6.20 Å². The summed E-state index contributed by atoms with van der Waals surface area (Å²) in [6, 6.07) is 10.7. The average Bonchev–Trinajstić information content (AvgIpc) is 2.43. The molecular weight excluding hydrogens is 240 g/mol. The van der Waals surface area contributed by atoms with Gasteiger partial charge in [0.05, 0.1) is 22.9 Å². The zero-order valence-electron chi connectivity index (χ0n) is 10.2. The maximum absolute atomic E-state index is 5.48. The molecule has 6 N–H and O–H groups in total. The first-order valence-corrected chi connectivity index (χ1v) is 5.59. The summed E-state index contributed by atoms with van der Waals surface area (Å²) in [6.07, 6.45) is 3.26. The summed E-state index contributed by atoms with van der Waals surface area (Å²) in [5, 5.41) is 0. The fourth-order valence-electron chi connectivity index (χ4n) is 1.39. The molecule has 0 aliphatic heterocycles. The van der Waals surface area contributed by atoms with Crippen LogP contribution in [-0.2, 0) is 0 Å². The molecule has 0 aliphatic rings. The van der Waals surface area contributed by atoms with Gasteiger partial charge in [-0.15, -0.1) is 0 Å². The highest BCUT2D eigenvalue weighted by molar-refractivity contribution is 5.75. The Bertz CT molecular complexity index is 644. The Labute approximate surface area is 110 Å². The zero-order valence-corrected chi connectivity index (χ0v) is 10.2. The molecule has 19 heavy (non-hydrogen) atoms. The third-order valence-electron chi connectivity index (χ3n) is 2.29. The number of nitrogen functional groups attached to an aromatic ring is 3. The van der Waals surface area contributed by atoms with Gasteiger partial charge in [-0.25, -0.2) is 9.97 Å². The van der Waals surface area contributed by atoms with Crippen molar-refractivity contribution in [3.63, 3.8) is 0 Å². The number of anilines is 3. The van der Waals surface area contributed by atoms with Gasteiger partial charge in [0.15, 0.2) is 0 Å². The van der Waals surface area contributed by atoms with Gasteiger partial charge in [0.2, 0.25) is 0 Å². The van der Waals surface area contributed by atoms with E-state index in [4.69, 9.17) is 17.2 Å². The second kappa shape index (κ2) is 5.63. The van der Waals surface area contributed by atoms with E-state index in [0.717, 1.165) is 11.0 Å². The topological polar surface area (TPSA) is 117 Å². The van der Waals surface area contributed by atoms with Gasteiger partial charge in [0, 0.05) is 6.20 Å². The maximum Gasteiger partial charge on any atom is 0.124 e. The highest BCUT2D eigenvalue weighted by atomic mass is 14.8. The molecule has 96 valence electrons. The minimum absolute atomic E-state index is 0.499. The van der Waals surface area contributed by atoms with Crippen molar-refractivity contribution in [3.05, 3.63) is 48.8 Å². The molecule has 6 nitrogen and oxygen atoms in total. The first kappa shape index (κ1) is 12.6. The normalized spacial score (nSPS) is 9.68. The van der Waals surface area contributed by atoms with Gasteiger partial charge in [-0.3, -0.25) is 4.98 Å². The van der Waals surface area contributed by atoms with Gasteiger partial charge in [-0.1, -0.05) is 0 Å². The van der Waals surface area contributed by atoms with Crippen molar-refractivity contribution in [2.45, 2.75) is 0 Å². The predicted octanol–water partition coefficient (Wildman–Crippen LogP) is 1.46. The summed E-state index contributed by atoms with van der Waals surface area (Å²) in [6.45, 7) is 0. The minimum atomic E-state index is 0.499. The predicted molar refractivity (Wildman–Crippen MR) is 77.0 cm³/mol. The third kappa shape index (κ3) is 3.53. The summed E-state index contributed by atoms with van der Waals surface area (Å²) in [5.41, 5.74) is 18.4. The first-order chi connectivity index (χ1) is 9.15. The van der Waals surface area contributed by atoms with E-state index in [1.54, 1.807) is 24.4 Å². The third-order valence-corrected chi connectivity index (χ3v) is 2.29. The van der Waals surface area contributed by atoms with Crippen molar-refractivity contribution in [2.75, 3.05) is 17.2 Å². The smallest absolute Gasteiger partial charge is 0.124 e. The van der Waals surface area contributed by atoms with Gasteiger partial charge in [0.25, 0.3) is 0 Å². The first-order valence-electron chi connectivity index (χ1n) is 5.59. The quantitative estimate of drug-likeness (QED) is 0.559. The molecule has 3 rings (SSSR count). The lowest BCUT2D eigenvalue weighted by atomic mass is 10.3. The highest BCUT2D eigenvalue weighted by Gasteiger charge is 1.92. The number of nitrogens with two attached hydrogens (primary N) is 3. The molecular formula is C13H14N6. The molecule has 0 saturated heterocycles. The van der Waals surface area contributed by atoms with Crippen LogP contribution in [0.15, 0.2) is 48.8 Å². The van der Waals surface area contributed by atoms with Crippen molar-refractivity contribution in [3.8, 4) is 0 Å². The van der Waals surface area contributed by atoms with Crippen LogP contribution in [0.2, 0.25) is 0 Å². The Morgan fingerprint density at radius 1 is 0.737 bits per heavy atom. The largest absolute Gasteiger partial charge is 0.397 e. The van der Waals surface area contributed by atoms with Crippen molar-refractivity contribution < 1.29 is 0 Å². The van der Waals surface area contributed by atoms with Gasteiger partial charge in [-0.2, -0.15) is 0 Å². The van der Waals surface area contributed by atoms with Crippen molar-refractivity contribution in [2.24, 2.45) is 0 Å². The van der Waals surface area contributed by atoms with Crippen LogP contribution in [0.4, 0.5) is 17.3 Å². The fraction of sp³-hybridized carbons (Fsp3) is 0. The number of rotatable bonds is 0. The molecule has 0 radical (unpaired) electrons. The van der Waals surface area contributed by atoms with E-state index in [1.807, 2.05) is 18.2 Å². The lowest BCUT2D eigenvalue weighted by molar-refractivity contribution is 1.34. The van der Waals surface area contributed by atoms with E-state index in [9.17, 15) is 0 Å². The van der Waals surface area contributed by atoms with Crippen LogP contribution in [0.5, 0.6) is 0 Å². The van der Waals surface area contributed by atoms with Crippen LogP contribution in [0.3, 0.4) is 0 Å². The highest BCUT2D eigenvalue weighted by Crippen LogP contribution is 2.08. The van der Waals surface area contributed by atoms with Crippen LogP contribution in [0.25, 0.3) is 11.0 Å². The Kier molecular flexibility index (Phi) is 3.72. The van der Waals surface area contributed by atoms with Gasteiger partial charge >= 0.3 is 0 Å². The number of hydrogen-bond acceptors (Lipinski definition) is 6. The Morgan fingerprint density at radius 2 is 1.53 bits per heavy atom. The standard InChI is InChI=1S/C8H7N3.C5H7N3/c9-8-4-3-6-7(11-8)2-1-5-10-6;6-4-1-2-5(7)8-3-4/h1-5H,(H2,9,11);1-3H,6H2,(H2,7,8). The Morgan fingerprint density at radius 3 is 2.21 bits per heavy atom. The molecule has 0 aromatic carbocycles. The second-order valence-corrected chi connectivity index (χ2v) is 3.79. The second-order valence-electron chi connectivity index (χ2n) is 3.79. The fourth-order valence-corrected chi connectivity index (χ4v) is 1.39. The van der Waals surface area contributed by atoms with E-state index in [0.29, 0.717) is 17.3 Å². The average molecular weight is 254 g/mol. The molecule has 0 saturated carbocycles. The van der Waals surface area contributed by atoms with Crippen LogP contribution in [0, 0.1) is 0 Å². The Balaban J connectivity index is 0.000000148. The molecule has 0 spiro atoms. The Hall–Kier alpha value is -2.89. The molecule has 6 heteroatoms.